The van der Waals surface area contributed by atoms with Gasteiger partial charge in [-0.15, -0.1) is 0 Å². The molecular formula is C24H30N2O2S. The number of aliphatic hydroxyl groups excluding tert-OH is 1. The maximum atomic E-state index is 10.1. The summed E-state index contributed by atoms with van der Waals surface area (Å²) < 4.78 is 9.06. The first-order valence-corrected chi connectivity index (χ1v) is 10.6. The quantitative estimate of drug-likeness (QED) is 0.248. The van der Waals surface area contributed by atoms with Crippen LogP contribution in [0.25, 0.3) is 11.1 Å². The fraction of sp³-hybridized carbons (Fsp3) is 0.292. The zero-order valence-corrected chi connectivity index (χ0v) is 18.0. The molecule has 2 aromatic carbocycles. The van der Waals surface area contributed by atoms with Crippen molar-refractivity contribution in [3.63, 3.8) is 0 Å². The van der Waals surface area contributed by atoms with Crippen molar-refractivity contribution in [2.75, 3.05) is 13.7 Å². The molecule has 0 aliphatic heterocycles. The van der Waals surface area contributed by atoms with E-state index in [1.54, 1.807) is 24.1 Å². The lowest BCUT2D eigenvalue weighted by Crippen LogP contribution is -2.13. The monoisotopic (exact) mass is 410 g/mol. The minimum Gasteiger partial charge on any atom is -0.493 e. The second-order valence-corrected chi connectivity index (χ2v) is 7.74. The van der Waals surface area contributed by atoms with Crippen molar-refractivity contribution in [2.45, 2.75) is 37.2 Å². The van der Waals surface area contributed by atoms with Gasteiger partial charge < -0.3 is 15.3 Å². The molecule has 0 heterocycles. The molecule has 0 fully saturated rings. The number of aryl methyl sites for hydroxylation is 1. The average Bonchev–Trinajstić information content (AvgIpc) is 2.74. The minimum atomic E-state index is -0.672. The lowest BCUT2D eigenvalue weighted by molar-refractivity contribution is 0.171. The van der Waals surface area contributed by atoms with E-state index in [2.05, 4.69) is 54.6 Å². The van der Waals surface area contributed by atoms with E-state index in [4.69, 9.17) is 10.1 Å². The van der Waals surface area contributed by atoms with Gasteiger partial charge in [-0.25, -0.2) is 0 Å². The standard InChI is InChI=1S/C24H30N2O2S/c1-4-6-21-17-20(19-8-11-22(12-9-19)29-26-3)10-13-24(21)28-16-14-23(27)18(2)7-5-15-25/h5,7-13,15,17,23,25-27H,2,4,6,14,16H2,1,3H3/b7-5-,25-15?. The Kier molecular flexibility index (Phi) is 9.71. The molecule has 2 rings (SSSR count). The molecule has 3 N–H and O–H groups in total. The molecule has 0 aliphatic carbocycles. The maximum Gasteiger partial charge on any atom is 0.122 e. The molecule has 0 bridgehead atoms. The van der Waals surface area contributed by atoms with Crippen LogP contribution in [-0.4, -0.2) is 31.1 Å². The first kappa shape index (κ1) is 22.9. The summed E-state index contributed by atoms with van der Waals surface area (Å²) in [6.07, 6.45) is 6.12. The number of rotatable bonds is 12. The zero-order chi connectivity index (χ0) is 21.1. The van der Waals surface area contributed by atoms with Gasteiger partial charge in [-0.3, -0.25) is 4.72 Å². The van der Waals surface area contributed by atoms with Gasteiger partial charge in [0.1, 0.15) is 5.75 Å². The van der Waals surface area contributed by atoms with Crippen LogP contribution in [0.2, 0.25) is 0 Å². The normalized spacial score (nSPS) is 12.1. The van der Waals surface area contributed by atoms with E-state index >= 15 is 0 Å². The molecule has 0 amide bonds. The largest absolute Gasteiger partial charge is 0.493 e. The highest BCUT2D eigenvalue weighted by molar-refractivity contribution is 7.97. The summed E-state index contributed by atoms with van der Waals surface area (Å²) in [5.74, 6) is 0.866. The van der Waals surface area contributed by atoms with Gasteiger partial charge in [0.15, 0.2) is 0 Å². The second kappa shape index (κ2) is 12.3. The number of aliphatic hydroxyl groups is 1. The van der Waals surface area contributed by atoms with E-state index in [1.807, 2.05) is 13.1 Å². The SMILES string of the molecule is C=C(/C=C\C=N)C(O)CCOc1ccc(-c2ccc(SNC)cc2)cc1CCC. The molecule has 29 heavy (non-hydrogen) atoms. The van der Waals surface area contributed by atoms with Crippen LogP contribution in [0, 0.1) is 5.41 Å². The summed E-state index contributed by atoms with van der Waals surface area (Å²) in [5.41, 5.74) is 4.11. The Morgan fingerprint density at radius 2 is 1.97 bits per heavy atom. The fourth-order valence-corrected chi connectivity index (χ4v) is 3.45. The lowest BCUT2D eigenvalue weighted by atomic mass is 10.0. The van der Waals surface area contributed by atoms with Gasteiger partial charge >= 0.3 is 0 Å². The number of ether oxygens (including phenoxy) is 1. The Morgan fingerprint density at radius 3 is 2.62 bits per heavy atom. The van der Waals surface area contributed by atoms with Crippen LogP contribution in [0.15, 0.2) is 71.7 Å². The average molecular weight is 411 g/mol. The zero-order valence-electron chi connectivity index (χ0n) is 17.2. The van der Waals surface area contributed by atoms with Crippen molar-refractivity contribution in [3.05, 3.63) is 72.3 Å². The molecule has 1 atom stereocenters. The summed E-state index contributed by atoms with van der Waals surface area (Å²) in [7, 11) is 1.91. The Hall–Kier alpha value is -2.34. The lowest BCUT2D eigenvalue weighted by Gasteiger charge is -2.15. The molecule has 0 saturated carbocycles. The fourth-order valence-electron chi connectivity index (χ4n) is 2.95. The predicted molar refractivity (Wildman–Crippen MR) is 124 cm³/mol. The van der Waals surface area contributed by atoms with E-state index in [0.29, 0.717) is 18.6 Å². The topological polar surface area (TPSA) is 65.3 Å². The van der Waals surface area contributed by atoms with Crippen LogP contribution in [0.5, 0.6) is 5.75 Å². The Morgan fingerprint density at radius 1 is 1.24 bits per heavy atom. The third kappa shape index (κ3) is 7.20. The summed E-state index contributed by atoms with van der Waals surface area (Å²) in [6, 6.07) is 14.8. The Balaban J connectivity index is 2.06. The number of hydrogen-bond acceptors (Lipinski definition) is 5. The molecule has 0 radical (unpaired) electrons. The summed E-state index contributed by atoms with van der Waals surface area (Å²) >= 11 is 1.60. The van der Waals surface area contributed by atoms with Crippen LogP contribution in [0.4, 0.5) is 0 Å². The van der Waals surface area contributed by atoms with E-state index in [9.17, 15) is 5.11 Å². The van der Waals surface area contributed by atoms with Gasteiger partial charge in [0.25, 0.3) is 0 Å². The number of nitrogens with one attached hydrogen (secondary N) is 2. The second-order valence-electron chi connectivity index (χ2n) is 6.66. The first-order valence-electron chi connectivity index (χ1n) is 9.82. The molecule has 1 unspecified atom stereocenters. The number of benzene rings is 2. The Labute approximate surface area is 178 Å². The third-order valence-corrected chi connectivity index (χ3v) is 5.18. The predicted octanol–water partition coefficient (Wildman–Crippen LogP) is 5.42. The van der Waals surface area contributed by atoms with Crippen molar-refractivity contribution in [2.24, 2.45) is 0 Å². The van der Waals surface area contributed by atoms with Gasteiger partial charge in [-0.05, 0) is 78.0 Å². The van der Waals surface area contributed by atoms with Crippen molar-refractivity contribution in [3.8, 4) is 16.9 Å². The molecule has 0 aliphatic rings. The number of hydrogen-bond donors (Lipinski definition) is 3. The van der Waals surface area contributed by atoms with Crippen LogP contribution >= 0.6 is 11.9 Å². The first-order chi connectivity index (χ1) is 14.1. The van der Waals surface area contributed by atoms with Crippen molar-refractivity contribution in [1.29, 1.82) is 5.41 Å². The summed E-state index contributed by atoms with van der Waals surface area (Å²) in [5, 5.41) is 17.1. The molecule has 5 heteroatoms. The van der Waals surface area contributed by atoms with E-state index in [0.717, 1.165) is 18.6 Å². The highest BCUT2D eigenvalue weighted by atomic mass is 32.2. The van der Waals surface area contributed by atoms with Gasteiger partial charge in [0.05, 0.1) is 12.7 Å². The van der Waals surface area contributed by atoms with Crippen LogP contribution < -0.4 is 9.46 Å². The van der Waals surface area contributed by atoms with Crippen LogP contribution in [0.3, 0.4) is 0 Å². The van der Waals surface area contributed by atoms with Gasteiger partial charge in [-0.1, -0.05) is 44.2 Å². The van der Waals surface area contributed by atoms with Crippen molar-refractivity contribution < 1.29 is 9.84 Å². The molecule has 4 nitrogen and oxygen atoms in total. The van der Waals surface area contributed by atoms with E-state index in [1.165, 1.54) is 27.8 Å². The minimum absolute atomic E-state index is 0.407. The molecule has 0 spiro atoms. The molecule has 2 aromatic rings. The van der Waals surface area contributed by atoms with Gasteiger partial charge in [-0.2, -0.15) is 0 Å². The molecule has 154 valence electrons. The van der Waals surface area contributed by atoms with E-state index in [-0.39, 0.29) is 0 Å². The van der Waals surface area contributed by atoms with Crippen LogP contribution in [-0.2, 0) is 6.42 Å². The highest BCUT2D eigenvalue weighted by Crippen LogP contribution is 2.29. The summed E-state index contributed by atoms with van der Waals surface area (Å²) in [6.45, 7) is 6.39. The molecule has 0 aromatic heterocycles. The highest BCUT2D eigenvalue weighted by Gasteiger charge is 2.10. The summed E-state index contributed by atoms with van der Waals surface area (Å²) in [4.78, 5) is 1.18. The smallest absolute Gasteiger partial charge is 0.122 e. The van der Waals surface area contributed by atoms with Gasteiger partial charge in [0, 0.05) is 17.5 Å². The van der Waals surface area contributed by atoms with Gasteiger partial charge in [0.2, 0.25) is 0 Å². The van der Waals surface area contributed by atoms with Crippen molar-refractivity contribution in [1.82, 2.24) is 4.72 Å². The maximum absolute atomic E-state index is 10.1. The molecular weight excluding hydrogens is 380 g/mol. The van der Waals surface area contributed by atoms with Crippen molar-refractivity contribution >= 4 is 18.2 Å². The Bertz CT molecular complexity index is 831. The number of allylic oxidation sites excluding steroid dienone is 1. The van der Waals surface area contributed by atoms with E-state index < -0.39 is 6.10 Å². The molecule has 0 saturated heterocycles. The third-order valence-electron chi connectivity index (χ3n) is 4.47. The van der Waals surface area contributed by atoms with Crippen LogP contribution in [0.1, 0.15) is 25.3 Å².